The van der Waals surface area contributed by atoms with Crippen LogP contribution in [-0.4, -0.2) is 34.8 Å². The van der Waals surface area contributed by atoms with E-state index in [0.29, 0.717) is 5.13 Å². The van der Waals surface area contributed by atoms with Crippen molar-refractivity contribution in [2.75, 3.05) is 18.4 Å². The fraction of sp³-hybridized carbons (Fsp3) is 0.136. The van der Waals surface area contributed by atoms with E-state index in [4.69, 9.17) is 0 Å². The molecule has 0 radical (unpaired) electrons. The molecule has 0 spiro atoms. The van der Waals surface area contributed by atoms with Crippen molar-refractivity contribution in [3.05, 3.63) is 96.0 Å². The van der Waals surface area contributed by atoms with Gasteiger partial charge in [-0.2, -0.15) is 0 Å². The molecule has 0 fully saturated rings. The van der Waals surface area contributed by atoms with E-state index in [-0.39, 0.29) is 24.9 Å². The van der Waals surface area contributed by atoms with E-state index in [9.17, 15) is 9.59 Å². The lowest BCUT2D eigenvalue weighted by Crippen LogP contribution is -2.41. The first kappa shape index (κ1) is 19.5. The predicted molar refractivity (Wildman–Crippen MR) is 112 cm³/mol. The second-order valence-corrected chi connectivity index (χ2v) is 7.04. The van der Waals surface area contributed by atoms with Gasteiger partial charge in [0.2, 0.25) is 11.8 Å². The lowest BCUT2D eigenvalue weighted by atomic mass is 9.90. The molecule has 3 aromatic rings. The van der Waals surface area contributed by atoms with Crippen molar-refractivity contribution in [1.82, 2.24) is 9.88 Å². The third-order valence-corrected chi connectivity index (χ3v) is 4.88. The highest BCUT2D eigenvalue weighted by atomic mass is 32.1. The highest BCUT2D eigenvalue weighted by Crippen LogP contribution is 2.27. The van der Waals surface area contributed by atoms with E-state index in [0.717, 1.165) is 11.1 Å². The number of nitrogens with one attached hydrogen (secondary N) is 1. The lowest BCUT2D eigenvalue weighted by molar-refractivity contribution is -0.134. The number of hydrogen-bond acceptors (Lipinski definition) is 4. The molecule has 0 saturated heterocycles. The van der Waals surface area contributed by atoms with Crippen molar-refractivity contribution >= 4 is 28.3 Å². The number of nitrogens with zero attached hydrogens (tertiary/aromatic N) is 2. The van der Waals surface area contributed by atoms with Crippen molar-refractivity contribution in [2.24, 2.45) is 0 Å². The van der Waals surface area contributed by atoms with Crippen LogP contribution in [0.3, 0.4) is 0 Å². The fourth-order valence-corrected chi connectivity index (χ4v) is 3.50. The van der Waals surface area contributed by atoms with E-state index < -0.39 is 5.92 Å². The summed E-state index contributed by atoms with van der Waals surface area (Å²) < 4.78 is 0. The van der Waals surface area contributed by atoms with Crippen LogP contribution in [-0.2, 0) is 9.59 Å². The van der Waals surface area contributed by atoms with Crippen LogP contribution in [0.15, 0.2) is 84.9 Å². The van der Waals surface area contributed by atoms with Gasteiger partial charge in [-0.1, -0.05) is 66.7 Å². The van der Waals surface area contributed by atoms with E-state index >= 15 is 0 Å². The van der Waals surface area contributed by atoms with Crippen LogP contribution in [0.25, 0.3) is 0 Å². The Labute approximate surface area is 168 Å². The standard InChI is InChI=1S/C22H21N3O2S/c1-2-14-25(16-19(26)24-22-23-13-15-28-22)21(27)20(17-9-5-3-6-10-17)18-11-7-4-8-12-18/h2-13,15,20H,1,14,16H2,(H,23,24,26). The number of benzene rings is 2. The molecule has 0 saturated carbocycles. The van der Waals surface area contributed by atoms with Gasteiger partial charge in [0.1, 0.15) is 6.54 Å². The molecule has 1 heterocycles. The SMILES string of the molecule is C=CCN(CC(=O)Nc1nccs1)C(=O)C(c1ccccc1)c1ccccc1. The number of anilines is 1. The van der Waals surface area contributed by atoms with Crippen molar-refractivity contribution < 1.29 is 9.59 Å². The van der Waals surface area contributed by atoms with Gasteiger partial charge < -0.3 is 10.2 Å². The maximum absolute atomic E-state index is 13.5. The first-order valence-corrected chi connectivity index (χ1v) is 9.76. The summed E-state index contributed by atoms with van der Waals surface area (Å²) in [6.45, 7) is 3.94. The molecule has 142 valence electrons. The van der Waals surface area contributed by atoms with Gasteiger partial charge in [-0.25, -0.2) is 4.98 Å². The van der Waals surface area contributed by atoms with Crippen LogP contribution in [0.1, 0.15) is 17.0 Å². The zero-order valence-corrected chi connectivity index (χ0v) is 16.1. The monoisotopic (exact) mass is 391 g/mol. The molecular weight excluding hydrogens is 370 g/mol. The van der Waals surface area contributed by atoms with E-state index in [1.807, 2.05) is 60.7 Å². The molecule has 0 bridgehead atoms. The van der Waals surface area contributed by atoms with E-state index in [2.05, 4.69) is 16.9 Å². The molecule has 28 heavy (non-hydrogen) atoms. The Balaban J connectivity index is 1.85. The maximum atomic E-state index is 13.5. The zero-order valence-electron chi connectivity index (χ0n) is 15.3. The Hall–Kier alpha value is -3.25. The molecule has 0 unspecified atom stereocenters. The molecule has 6 heteroatoms. The van der Waals surface area contributed by atoms with Crippen LogP contribution in [0.5, 0.6) is 0 Å². The van der Waals surface area contributed by atoms with Gasteiger partial charge in [-0.15, -0.1) is 17.9 Å². The first-order valence-electron chi connectivity index (χ1n) is 8.88. The summed E-state index contributed by atoms with van der Waals surface area (Å²) in [6.07, 6.45) is 3.25. The third-order valence-electron chi connectivity index (χ3n) is 4.19. The Morgan fingerprint density at radius 3 is 2.18 bits per heavy atom. The highest BCUT2D eigenvalue weighted by Gasteiger charge is 2.28. The van der Waals surface area contributed by atoms with Gasteiger partial charge >= 0.3 is 0 Å². The van der Waals surface area contributed by atoms with Crippen molar-refractivity contribution in [2.45, 2.75) is 5.92 Å². The van der Waals surface area contributed by atoms with Crippen molar-refractivity contribution in [3.63, 3.8) is 0 Å². The Bertz CT molecular complexity index is 872. The smallest absolute Gasteiger partial charge is 0.245 e. The molecule has 0 aliphatic heterocycles. The van der Waals surface area contributed by atoms with Gasteiger partial charge in [0.05, 0.1) is 5.92 Å². The van der Waals surface area contributed by atoms with Crippen molar-refractivity contribution in [3.8, 4) is 0 Å². The summed E-state index contributed by atoms with van der Waals surface area (Å²) in [5, 5.41) is 5.02. The normalized spacial score (nSPS) is 10.5. The number of thiazole rings is 1. The molecular formula is C22H21N3O2S. The Kier molecular flexibility index (Phi) is 6.70. The van der Waals surface area contributed by atoms with Gasteiger partial charge in [0.15, 0.2) is 5.13 Å². The topological polar surface area (TPSA) is 62.3 Å². The lowest BCUT2D eigenvalue weighted by Gasteiger charge is -2.26. The van der Waals surface area contributed by atoms with E-state index in [1.54, 1.807) is 17.7 Å². The molecule has 0 atom stereocenters. The summed E-state index contributed by atoms with van der Waals surface area (Å²) in [5.41, 5.74) is 1.76. The highest BCUT2D eigenvalue weighted by molar-refractivity contribution is 7.13. The molecule has 0 aliphatic carbocycles. The summed E-state index contributed by atoms with van der Waals surface area (Å²) in [6, 6.07) is 19.2. The van der Waals surface area contributed by atoms with E-state index in [1.165, 1.54) is 16.2 Å². The Morgan fingerprint density at radius 1 is 1.07 bits per heavy atom. The number of amides is 2. The third kappa shape index (κ3) is 4.92. The van der Waals surface area contributed by atoms with Crippen LogP contribution in [0.2, 0.25) is 0 Å². The number of rotatable bonds is 8. The van der Waals surface area contributed by atoms with Gasteiger partial charge in [-0.05, 0) is 11.1 Å². The maximum Gasteiger partial charge on any atom is 0.245 e. The van der Waals surface area contributed by atoms with Gasteiger partial charge in [0.25, 0.3) is 0 Å². The van der Waals surface area contributed by atoms with Crippen LogP contribution in [0, 0.1) is 0 Å². The van der Waals surface area contributed by atoms with Crippen LogP contribution >= 0.6 is 11.3 Å². The Morgan fingerprint density at radius 2 is 1.68 bits per heavy atom. The molecule has 2 amide bonds. The molecule has 1 N–H and O–H groups in total. The second-order valence-electron chi connectivity index (χ2n) is 6.15. The minimum atomic E-state index is -0.491. The fourth-order valence-electron chi connectivity index (χ4n) is 2.96. The average Bonchev–Trinajstić information content (AvgIpc) is 3.22. The summed E-state index contributed by atoms with van der Waals surface area (Å²) in [5.74, 6) is -0.924. The number of carbonyl (C=O) groups excluding carboxylic acids is 2. The minimum Gasteiger partial charge on any atom is -0.329 e. The predicted octanol–water partition coefficient (Wildman–Crippen LogP) is 3.93. The van der Waals surface area contributed by atoms with Crippen LogP contribution < -0.4 is 5.32 Å². The summed E-state index contributed by atoms with van der Waals surface area (Å²) >= 11 is 1.33. The first-order chi connectivity index (χ1) is 13.7. The summed E-state index contributed by atoms with van der Waals surface area (Å²) in [7, 11) is 0. The van der Waals surface area contributed by atoms with Crippen molar-refractivity contribution in [1.29, 1.82) is 0 Å². The molecule has 2 aromatic carbocycles. The number of carbonyl (C=O) groups is 2. The number of aromatic nitrogens is 1. The molecule has 1 aromatic heterocycles. The number of hydrogen-bond donors (Lipinski definition) is 1. The molecule has 5 nitrogen and oxygen atoms in total. The van der Waals surface area contributed by atoms with Crippen LogP contribution in [0.4, 0.5) is 5.13 Å². The second kappa shape index (κ2) is 9.62. The largest absolute Gasteiger partial charge is 0.329 e. The zero-order chi connectivity index (χ0) is 19.8. The quantitative estimate of drug-likeness (QED) is 0.592. The molecule has 0 aliphatic rings. The minimum absolute atomic E-state index is 0.0688. The average molecular weight is 391 g/mol. The summed E-state index contributed by atoms with van der Waals surface area (Å²) in [4.78, 5) is 31.4. The van der Waals surface area contributed by atoms with Gasteiger partial charge in [-0.3, -0.25) is 9.59 Å². The molecule has 3 rings (SSSR count). The van der Waals surface area contributed by atoms with Gasteiger partial charge in [0, 0.05) is 18.1 Å².